The molecule has 0 N–H and O–H groups in total. The van der Waals surface area contributed by atoms with E-state index in [-0.39, 0.29) is 30.2 Å². The zero-order valence-corrected chi connectivity index (χ0v) is 8.14. The van der Waals surface area contributed by atoms with Crippen molar-refractivity contribution in [3.05, 3.63) is 0 Å². The average molecular weight is 278 g/mol. The fraction of sp³-hybridized carbons (Fsp3) is 0. The van der Waals surface area contributed by atoms with Crippen LogP contribution in [0.2, 0.25) is 0 Å². The van der Waals surface area contributed by atoms with Crippen LogP contribution in [0, 0.1) is 0 Å². The monoisotopic (exact) mass is 277 g/mol. The Bertz CT molecular complexity index is 113. The molecule has 0 fully saturated rings. The van der Waals surface area contributed by atoms with Crippen molar-refractivity contribution >= 4 is 30.6 Å². The third-order valence-electron chi connectivity index (χ3n) is 0. The maximum absolute atomic E-state index is 8.52. The molecule has 0 spiro atoms. The number of rotatable bonds is 0. The Kier molecular flexibility index (Phi) is 17.8. The maximum Gasteiger partial charge on any atom is 2.00 e. The first-order valence-electron chi connectivity index (χ1n) is 0.934. The maximum atomic E-state index is 8.52. The van der Waals surface area contributed by atoms with Gasteiger partial charge in [0.15, 0.2) is 0 Å². The smallest absolute Gasteiger partial charge is 2.00 e. The molecule has 1 radical (unpaired) electrons. The van der Waals surface area contributed by atoms with Crippen molar-refractivity contribution < 1.29 is 47.7 Å². The van der Waals surface area contributed by atoms with Gasteiger partial charge < -0.3 is 9.11 Å². The van der Waals surface area contributed by atoms with Gasteiger partial charge in [-0.2, -0.15) is 0 Å². The number of halogens is 2. The molecule has 0 aromatic heterocycles. The third-order valence-corrected chi connectivity index (χ3v) is 0. The summed E-state index contributed by atoms with van der Waals surface area (Å²) in [6.45, 7) is 0. The van der Waals surface area contributed by atoms with E-state index in [1.54, 1.807) is 0 Å². The summed E-state index contributed by atoms with van der Waals surface area (Å²) < 4.78 is 34.1. The molecule has 0 saturated heterocycles. The normalized spacial score (nSPS) is 8.89. The van der Waals surface area contributed by atoms with Gasteiger partial charge >= 0.3 is 50.4 Å². The van der Waals surface area contributed by atoms with Gasteiger partial charge in [-0.15, -0.1) is 0 Å². The van der Waals surface area contributed by atoms with Gasteiger partial charge in [0, 0.05) is 10.4 Å². The third kappa shape index (κ3) is 240. The fourth-order valence-electron chi connectivity index (χ4n) is 0. The second-order valence-electron chi connectivity index (χ2n) is 0.459. The van der Waals surface area contributed by atoms with Crippen molar-refractivity contribution in [3.63, 3.8) is 0 Å². The molecule has 0 rings (SSSR count). The van der Waals surface area contributed by atoms with Gasteiger partial charge in [0.25, 0.3) is 0 Å². The molecule has 9 heavy (non-hydrogen) atoms. The number of hydrogen-bond acceptors (Lipinski definition) is 4. The van der Waals surface area contributed by atoms with E-state index < -0.39 is 10.4 Å². The van der Waals surface area contributed by atoms with Crippen LogP contribution in [-0.2, 0) is 40.6 Å². The quantitative estimate of drug-likeness (QED) is 0.356. The predicted octanol–water partition coefficient (Wildman–Crippen LogP) is 0.0360. The van der Waals surface area contributed by atoms with E-state index in [2.05, 4.69) is 0 Å². The summed E-state index contributed by atoms with van der Waals surface area (Å²) in [5, 5.41) is 0. The van der Waals surface area contributed by atoms with E-state index in [1.165, 1.54) is 0 Å². The summed E-state index contributed by atoms with van der Waals surface area (Å²) in [7, 11) is 4.36. The van der Waals surface area contributed by atoms with Gasteiger partial charge in [0.1, 0.15) is 0 Å². The Morgan fingerprint density at radius 3 is 1.22 bits per heavy atom. The zero-order valence-electron chi connectivity index (χ0n) is 3.53. The second-order valence-corrected chi connectivity index (χ2v) is 3.10. The standard InChI is InChI=1S/2ClH.Fe.Mn.H2O4S/c;;;;1-5(2,3)4/h2*1H;;;(H2,1,2,3,4)/q;;2*+2;/p-4. The Labute approximate surface area is 78.0 Å². The Morgan fingerprint density at radius 2 is 1.22 bits per heavy atom. The summed E-state index contributed by atoms with van der Waals surface area (Å²) in [6.07, 6.45) is 0. The summed E-state index contributed by atoms with van der Waals surface area (Å²) in [4.78, 5) is 0. The Morgan fingerprint density at radius 1 is 1.22 bits per heavy atom. The molecular formula is Cl2FeMnO4S. The topological polar surface area (TPSA) is 80.3 Å². The first-order chi connectivity index (χ1) is 3.41. The van der Waals surface area contributed by atoms with Crippen molar-refractivity contribution in [1.29, 1.82) is 0 Å². The van der Waals surface area contributed by atoms with Crippen molar-refractivity contribution in [1.82, 2.24) is 0 Å². The minimum Gasteiger partial charge on any atom is 2.00 e. The molecule has 0 aliphatic heterocycles. The van der Waals surface area contributed by atoms with E-state index in [4.69, 9.17) is 37.7 Å². The first kappa shape index (κ1) is 16.8. The van der Waals surface area contributed by atoms with Crippen LogP contribution >= 0.6 is 20.2 Å². The van der Waals surface area contributed by atoms with Crippen LogP contribution in [0.3, 0.4) is 0 Å². The van der Waals surface area contributed by atoms with Gasteiger partial charge in [0.05, 0.1) is 0 Å². The van der Waals surface area contributed by atoms with Crippen molar-refractivity contribution in [2.24, 2.45) is 0 Å². The zero-order chi connectivity index (χ0) is 7.21. The van der Waals surface area contributed by atoms with Crippen molar-refractivity contribution in [3.8, 4) is 0 Å². The molecule has 59 valence electrons. The van der Waals surface area contributed by atoms with Crippen LogP contribution in [0.1, 0.15) is 0 Å². The average Bonchev–Trinajstić information content (AvgIpc) is 1.27. The minimum atomic E-state index is -5.17. The van der Waals surface area contributed by atoms with Gasteiger partial charge in [-0.3, -0.25) is 8.42 Å². The second kappa shape index (κ2) is 9.49. The molecule has 9 heteroatoms. The van der Waals surface area contributed by atoms with E-state index in [0.717, 1.165) is 0 Å². The van der Waals surface area contributed by atoms with Crippen LogP contribution in [0.4, 0.5) is 0 Å². The Balaban J connectivity index is -0.0000000800. The van der Waals surface area contributed by atoms with Gasteiger partial charge in [-0.25, -0.2) is 0 Å². The summed E-state index contributed by atoms with van der Waals surface area (Å²) in [5.74, 6) is 0. The molecule has 0 aliphatic rings. The van der Waals surface area contributed by atoms with E-state index in [1.807, 2.05) is 0 Å². The van der Waals surface area contributed by atoms with Gasteiger partial charge in [-0.1, -0.05) is 0 Å². The van der Waals surface area contributed by atoms with E-state index in [0.29, 0.717) is 0 Å². The Hall–Kier alpha value is 1.49. The molecule has 0 amide bonds. The van der Waals surface area contributed by atoms with Crippen molar-refractivity contribution in [2.45, 2.75) is 0 Å². The van der Waals surface area contributed by atoms with Gasteiger partial charge in [0.2, 0.25) is 0 Å². The molecule has 0 heterocycles. The minimum absolute atomic E-state index is 0. The predicted molar refractivity (Wildman–Crippen MR) is 22.2 cm³/mol. The van der Waals surface area contributed by atoms with E-state index in [9.17, 15) is 0 Å². The molecule has 0 saturated carbocycles. The molecule has 0 aliphatic carbocycles. The molecule has 0 atom stereocenters. The van der Waals surface area contributed by atoms with Crippen molar-refractivity contribution in [2.75, 3.05) is 0 Å². The van der Waals surface area contributed by atoms with Gasteiger partial charge in [-0.05, 0) is 0 Å². The van der Waals surface area contributed by atoms with E-state index >= 15 is 0 Å². The summed E-state index contributed by atoms with van der Waals surface area (Å²) in [5.41, 5.74) is 0. The van der Waals surface area contributed by atoms with Crippen LogP contribution in [0.5, 0.6) is 0 Å². The SMILES string of the molecule is O=S(=O)([O-])[O-].[Cl][Fe][Cl].[Mn+2]. The first-order valence-corrected chi connectivity index (χ1v) is 5.31. The summed E-state index contributed by atoms with van der Waals surface area (Å²) >= 11 is 0.194. The fourth-order valence-corrected chi connectivity index (χ4v) is 0. The number of hydrogen-bond donors (Lipinski definition) is 0. The van der Waals surface area contributed by atoms with Crippen LogP contribution in [0.25, 0.3) is 0 Å². The molecule has 0 aromatic rings. The molecule has 0 aromatic carbocycles. The van der Waals surface area contributed by atoms with Crippen LogP contribution in [0.15, 0.2) is 0 Å². The van der Waals surface area contributed by atoms with Crippen LogP contribution in [-0.4, -0.2) is 17.5 Å². The molecule has 0 unspecified atom stereocenters. The largest absolute Gasteiger partial charge is 2.00 e. The molecule has 0 bridgehead atoms. The molecular weight excluding hydrogens is 278 g/mol. The van der Waals surface area contributed by atoms with Crippen LogP contribution < -0.4 is 0 Å². The molecule has 4 nitrogen and oxygen atoms in total. The summed E-state index contributed by atoms with van der Waals surface area (Å²) in [6, 6.07) is 0.